The number of aliphatic hydroxyl groups excluding tert-OH is 1. The maximum absolute atomic E-state index is 12.0. The van der Waals surface area contributed by atoms with Crippen LogP contribution in [0.25, 0.3) is 0 Å². The fraction of sp³-hybridized carbons (Fsp3) is 0.941. The SMILES string of the molecule is CC1CCCC(OC(C)C(=O)NCCCC(C)(C)CO)C1. The van der Waals surface area contributed by atoms with Gasteiger partial charge in [0, 0.05) is 13.2 Å². The van der Waals surface area contributed by atoms with Gasteiger partial charge in [0.25, 0.3) is 0 Å². The summed E-state index contributed by atoms with van der Waals surface area (Å²) in [7, 11) is 0. The molecule has 1 saturated carbocycles. The van der Waals surface area contributed by atoms with Crippen LogP contribution in [0.2, 0.25) is 0 Å². The lowest BCUT2D eigenvalue weighted by molar-refractivity contribution is -0.137. The minimum Gasteiger partial charge on any atom is -0.396 e. The van der Waals surface area contributed by atoms with Gasteiger partial charge in [0.05, 0.1) is 6.10 Å². The Kier molecular flexibility index (Phi) is 7.67. The van der Waals surface area contributed by atoms with Crippen LogP contribution in [0.3, 0.4) is 0 Å². The third kappa shape index (κ3) is 7.28. The zero-order valence-electron chi connectivity index (χ0n) is 14.2. The van der Waals surface area contributed by atoms with Crippen molar-refractivity contribution in [2.24, 2.45) is 11.3 Å². The molecule has 1 aliphatic carbocycles. The molecule has 0 spiro atoms. The van der Waals surface area contributed by atoms with Crippen LogP contribution in [0.4, 0.5) is 0 Å². The first-order chi connectivity index (χ1) is 9.84. The molecule has 0 aromatic carbocycles. The summed E-state index contributed by atoms with van der Waals surface area (Å²) in [5, 5.41) is 12.1. The second-order valence-electron chi connectivity index (χ2n) is 7.39. The van der Waals surface area contributed by atoms with Crippen molar-refractivity contribution in [1.82, 2.24) is 5.32 Å². The first-order valence-corrected chi connectivity index (χ1v) is 8.38. The van der Waals surface area contributed by atoms with Gasteiger partial charge in [-0.3, -0.25) is 4.79 Å². The third-order valence-electron chi connectivity index (χ3n) is 4.41. The van der Waals surface area contributed by atoms with E-state index in [4.69, 9.17) is 4.74 Å². The van der Waals surface area contributed by atoms with Gasteiger partial charge >= 0.3 is 0 Å². The highest BCUT2D eigenvalue weighted by Gasteiger charge is 2.24. The number of nitrogens with one attached hydrogen (secondary N) is 1. The molecule has 3 unspecified atom stereocenters. The van der Waals surface area contributed by atoms with Gasteiger partial charge in [0.2, 0.25) is 5.91 Å². The van der Waals surface area contributed by atoms with Crippen molar-refractivity contribution >= 4 is 5.91 Å². The van der Waals surface area contributed by atoms with Crippen molar-refractivity contribution in [2.45, 2.75) is 78.4 Å². The highest BCUT2D eigenvalue weighted by molar-refractivity contribution is 5.80. The summed E-state index contributed by atoms with van der Waals surface area (Å²) >= 11 is 0. The van der Waals surface area contributed by atoms with Gasteiger partial charge in [-0.05, 0) is 43.9 Å². The molecule has 0 bridgehead atoms. The van der Waals surface area contributed by atoms with Crippen LogP contribution in [0.15, 0.2) is 0 Å². The molecule has 21 heavy (non-hydrogen) atoms. The number of carbonyl (C=O) groups is 1. The predicted molar refractivity (Wildman–Crippen MR) is 85.1 cm³/mol. The van der Waals surface area contributed by atoms with Gasteiger partial charge in [-0.25, -0.2) is 0 Å². The Bertz CT molecular complexity index is 317. The number of ether oxygens (including phenoxy) is 1. The molecule has 4 nitrogen and oxygen atoms in total. The predicted octanol–water partition coefficient (Wildman–Crippen LogP) is 2.89. The summed E-state index contributed by atoms with van der Waals surface area (Å²) in [6, 6.07) is 0. The number of rotatable bonds is 8. The zero-order valence-corrected chi connectivity index (χ0v) is 14.2. The number of amides is 1. The maximum atomic E-state index is 12.0. The first-order valence-electron chi connectivity index (χ1n) is 8.38. The second-order valence-corrected chi connectivity index (χ2v) is 7.39. The Morgan fingerprint density at radius 3 is 2.76 bits per heavy atom. The average molecular weight is 299 g/mol. The lowest BCUT2D eigenvalue weighted by Gasteiger charge is -2.29. The van der Waals surface area contributed by atoms with Crippen LogP contribution in [0, 0.1) is 11.3 Å². The fourth-order valence-corrected chi connectivity index (χ4v) is 2.85. The minimum atomic E-state index is -0.369. The molecular weight excluding hydrogens is 266 g/mol. The molecule has 0 aromatic rings. The molecule has 0 heterocycles. The van der Waals surface area contributed by atoms with Crippen LogP contribution in [0.1, 0.15) is 66.2 Å². The largest absolute Gasteiger partial charge is 0.396 e. The van der Waals surface area contributed by atoms with Gasteiger partial charge in [-0.2, -0.15) is 0 Å². The van der Waals surface area contributed by atoms with Gasteiger partial charge in [0.1, 0.15) is 6.10 Å². The Balaban J connectivity index is 2.19. The van der Waals surface area contributed by atoms with Gasteiger partial charge in [-0.1, -0.05) is 33.6 Å². The molecule has 1 rings (SSSR count). The Hall–Kier alpha value is -0.610. The van der Waals surface area contributed by atoms with E-state index in [-0.39, 0.29) is 30.1 Å². The topological polar surface area (TPSA) is 58.6 Å². The zero-order chi connectivity index (χ0) is 15.9. The molecular formula is C17H33NO3. The molecule has 4 heteroatoms. The normalized spacial score (nSPS) is 24.6. The third-order valence-corrected chi connectivity index (χ3v) is 4.41. The van der Waals surface area contributed by atoms with Gasteiger partial charge < -0.3 is 15.2 Å². The van der Waals surface area contributed by atoms with E-state index in [1.807, 2.05) is 20.8 Å². The summed E-state index contributed by atoms with van der Waals surface area (Å²) in [5.74, 6) is 0.690. The molecule has 1 amide bonds. The van der Waals surface area contributed by atoms with E-state index in [0.717, 1.165) is 25.7 Å². The molecule has 3 atom stereocenters. The number of aliphatic hydroxyl groups is 1. The van der Waals surface area contributed by atoms with E-state index in [2.05, 4.69) is 12.2 Å². The Morgan fingerprint density at radius 1 is 1.43 bits per heavy atom. The summed E-state index contributed by atoms with van der Waals surface area (Å²) in [6.07, 6.45) is 6.28. The standard InChI is InChI=1S/C17H33NO3/c1-13-7-5-8-15(11-13)21-14(2)16(20)18-10-6-9-17(3,4)12-19/h13-15,19H,5-12H2,1-4H3,(H,18,20). The molecule has 124 valence electrons. The van der Waals surface area contributed by atoms with Crippen LogP contribution in [-0.2, 0) is 9.53 Å². The van der Waals surface area contributed by atoms with Crippen molar-refractivity contribution in [1.29, 1.82) is 0 Å². The van der Waals surface area contributed by atoms with Crippen molar-refractivity contribution < 1.29 is 14.6 Å². The number of carbonyl (C=O) groups excluding carboxylic acids is 1. The monoisotopic (exact) mass is 299 g/mol. The lowest BCUT2D eigenvalue weighted by atomic mass is 9.88. The summed E-state index contributed by atoms with van der Waals surface area (Å²) in [6.45, 7) is 8.99. The first kappa shape index (κ1) is 18.4. The van der Waals surface area contributed by atoms with E-state index in [1.165, 1.54) is 12.8 Å². The average Bonchev–Trinajstić information content (AvgIpc) is 2.43. The van der Waals surface area contributed by atoms with E-state index in [9.17, 15) is 9.90 Å². The van der Waals surface area contributed by atoms with E-state index < -0.39 is 0 Å². The Labute approximate surface area is 129 Å². The summed E-state index contributed by atoms with van der Waals surface area (Å²) in [5.41, 5.74) is -0.0644. The van der Waals surface area contributed by atoms with Crippen LogP contribution in [0.5, 0.6) is 0 Å². The van der Waals surface area contributed by atoms with Crippen LogP contribution >= 0.6 is 0 Å². The molecule has 1 fully saturated rings. The van der Waals surface area contributed by atoms with E-state index in [1.54, 1.807) is 0 Å². The fourth-order valence-electron chi connectivity index (χ4n) is 2.85. The highest BCUT2D eigenvalue weighted by Crippen LogP contribution is 2.26. The lowest BCUT2D eigenvalue weighted by Crippen LogP contribution is -2.38. The van der Waals surface area contributed by atoms with Crippen LogP contribution in [-0.4, -0.2) is 36.4 Å². The van der Waals surface area contributed by atoms with E-state index >= 15 is 0 Å². The van der Waals surface area contributed by atoms with Crippen LogP contribution < -0.4 is 5.32 Å². The number of hydrogen-bond acceptors (Lipinski definition) is 3. The van der Waals surface area contributed by atoms with Crippen molar-refractivity contribution in [3.8, 4) is 0 Å². The molecule has 0 radical (unpaired) electrons. The maximum Gasteiger partial charge on any atom is 0.248 e. The quantitative estimate of drug-likeness (QED) is 0.678. The van der Waals surface area contributed by atoms with E-state index in [0.29, 0.717) is 12.5 Å². The molecule has 2 N–H and O–H groups in total. The summed E-state index contributed by atoms with van der Waals surface area (Å²) in [4.78, 5) is 12.0. The molecule has 1 aliphatic rings. The second kappa shape index (κ2) is 8.74. The molecule has 0 aromatic heterocycles. The van der Waals surface area contributed by atoms with Crippen molar-refractivity contribution in [2.75, 3.05) is 13.2 Å². The summed E-state index contributed by atoms with van der Waals surface area (Å²) < 4.78 is 5.89. The number of hydrogen-bond donors (Lipinski definition) is 2. The minimum absolute atomic E-state index is 0.0185. The molecule has 0 saturated heterocycles. The van der Waals surface area contributed by atoms with Gasteiger partial charge in [0.15, 0.2) is 0 Å². The molecule has 0 aliphatic heterocycles. The van der Waals surface area contributed by atoms with Crippen molar-refractivity contribution in [3.63, 3.8) is 0 Å². The Morgan fingerprint density at radius 2 is 2.14 bits per heavy atom. The smallest absolute Gasteiger partial charge is 0.248 e. The highest BCUT2D eigenvalue weighted by atomic mass is 16.5. The van der Waals surface area contributed by atoms with Gasteiger partial charge in [-0.15, -0.1) is 0 Å². The van der Waals surface area contributed by atoms with Crippen molar-refractivity contribution in [3.05, 3.63) is 0 Å².